The Labute approximate surface area is 163 Å². The van der Waals surface area contributed by atoms with E-state index >= 15 is 0 Å². The van der Waals surface area contributed by atoms with Crippen LogP contribution in [-0.2, 0) is 27.0 Å². The van der Waals surface area contributed by atoms with Gasteiger partial charge in [0.25, 0.3) is 0 Å². The summed E-state index contributed by atoms with van der Waals surface area (Å²) in [7, 11) is 2.05. The number of nitrogens with zero attached hydrogens (tertiary/aromatic N) is 2. The molecule has 4 atom stereocenters. The van der Waals surface area contributed by atoms with Crippen LogP contribution in [0.1, 0.15) is 32.1 Å². The van der Waals surface area contributed by atoms with Gasteiger partial charge in [0.05, 0.1) is 18.1 Å². The molecule has 0 saturated carbocycles. The summed E-state index contributed by atoms with van der Waals surface area (Å²) in [6.07, 6.45) is 5.76. The normalized spacial score (nSPS) is 33.8. The van der Waals surface area contributed by atoms with Gasteiger partial charge in [0.1, 0.15) is 0 Å². The van der Waals surface area contributed by atoms with Crippen molar-refractivity contribution in [2.24, 2.45) is 11.8 Å². The van der Waals surface area contributed by atoms with E-state index in [1.54, 1.807) is 0 Å². The van der Waals surface area contributed by atoms with Crippen LogP contribution in [0.15, 0.2) is 0 Å². The molecule has 4 aliphatic rings. The molecule has 0 radical (unpaired) electrons. The molecule has 0 aromatic heterocycles. The summed E-state index contributed by atoms with van der Waals surface area (Å²) in [5.74, 6) is -0.642. The zero-order chi connectivity index (χ0) is 17.8. The third-order valence-corrected chi connectivity index (χ3v) is 6.12. The zero-order valence-electron chi connectivity index (χ0n) is 16.1. The first-order chi connectivity index (χ1) is 12.1. The van der Waals surface area contributed by atoms with Crippen molar-refractivity contribution < 1.29 is 14.3 Å². The lowest BCUT2D eigenvalue weighted by molar-refractivity contribution is -0.141. The van der Waals surface area contributed by atoms with E-state index in [0.717, 1.165) is 39.0 Å². The molecule has 2 bridgehead atoms. The molecule has 4 saturated heterocycles. The fourth-order valence-electron chi connectivity index (χ4n) is 4.33. The SMILES string of the molecule is C1CCNCC1.CN1CCN(C(=O)C2C(C(=O)[S-])[C@H]3CC[C@@H]2O3)CC1.[CH3+]. The largest absolute Gasteiger partial charge is 0.742 e. The molecule has 1 amide bonds. The highest BCUT2D eigenvalue weighted by atomic mass is 32.1. The number of carbonyl (C=O) groups excluding carboxylic acids is 2. The Bertz CT molecular complexity index is 467. The van der Waals surface area contributed by atoms with Crippen LogP contribution in [0.2, 0.25) is 0 Å². The molecule has 1 N–H and O–H groups in total. The van der Waals surface area contributed by atoms with Gasteiger partial charge in [-0.25, -0.2) is 0 Å². The number of hydrogen-bond acceptors (Lipinski definition) is 6. The van der Waals surface area contributed by atoms with E-state index in [1.807, 2.05) is 4.90 Å². The fraction of sp³-hybridized carbons (Fsp3) is 0.842. The number of fused-ring (bicyclic) bond motifs is 2. The number of hydrogen-bond donors (Lipinski definition) is 1. The molecule has 0 aliphatic carbocycles. The molecule has 0 aromatic rings. The number of piperidine rings is 1. The Morgan fingerprint density at radius 1 is 0.962 bits per heavy atom. The smallest absolute Gasteiger partial charge is 0.229 e. The second kappa shape index (κ2) is 9.88. The quantitative estimate of drug-likeness (QED) is 0.563. The summed E-state index contributed by atoms with van der Waals surface area (Å²) in [5.41, 5.74) is 0. The van der Waals surface area contributed by atoms with Crippen molar-refractivity contribution in [1.82, 2.24) is 15.1 Å². The first kappa shape index (κ1) is 21.4. The van der Waals surface area contributed by atoms with Crippen molar-refractivity contribution >= 4 is 23.7 Å². The molecular formula is C19H33N3O3S. The monoisotopic (exact) mass is 383 g/mol. The van der Waals surface area contributed by atoms with Crippen molar-refractivity contribution in [3.05, 3.63) is 7.43 Å². The van der Waals surface area contributed by atoms with Crippen LogP contribution < -0.4 is 5.32 Å². The highest BCUT2D eigenvalue weighted by Crippen LogP contribution is 2.44. The van der Waals surface area contributed by atoms with Crippen molar-refractivity contribution in [3.63, 3.8) is 0 Å². The van der Waals surface area contributed by atoms with Crippen LogP contribution in [0.5, 0.6) is 0 Å². The van der Waals surface area contributed by atoms with Crippen LogP contribution >= 0.6 is 0 Å². The Morgan fingerprint density at radius 3 is 2.00 bits per heavy atom. The Kier molecular flexibility index (Phi) is 8.13. The summed E-state index contributed by atoms with van der Waals surface area (Å²) in [4.78, 5) is 28.4. The lowest BCUT2D eigenvalue weighted by atomic mass is 9.79. The van der Waals surface area contributed by atoms with Crippen LogP contribution in [0, 0.1) is 19.3 Å². The molecule has 0 spiro atoms. The topological polar surface area (TPSA) is 61.9 Å². The molecule has 26 heavy (non-hydrogen) atoms. The van der Waals surface area contributed by atoms with Crippen molar-refractivity contribution in [2.75, 3.05) is 46.3 Å². The summed E-state index contributed by atoms with van der Waals surface area (Å²) >= 11 is 4.82. The number of nitrogens with one attached hydrogen (secondary N) is 1. The second-order valence-electron chi connectivity index (χ2n) is 7.60. The molecule has 0 aromatic carbocycles. The van der Waals surface area contributed by atoms with Gasteiger partial charge in [-0.15, -0.1) is 0 Å². The van der Waals surface area contributed by atoms with Crippen LogP contribution in [0.4, 0.5) is 0 Å². The molecule has 4 aliphatic heterocycles. The van der Waals surface area contributed by atoms with Crippen LogP contribution in [0.3, 0.4) is 0 Å². The van der Waals surface area contributed by atoms with Gasteiger partial charge in [-0.05, 0) is 45.8 Å². The maximum Gasteiger partial charge on any atom is 0.229 e. The Balaban J connectivity index is 0.000000297. The Morgan fingerprint density at radius 2 is 1.54 bits per heavy atom. The molecule has 6 nitrogen and oxygen atoms in total. The van der Waals surface area contributed by atoms with E-state index in [2.05, 4.69) is 17.3 Å². The molecule has 4 rings (SSSR count). The van der Waals surface area contributed by atoms with Crippen molar-refractivity contribution in [1.29, 1.82) is 0 Å². The minimum absolute atomic E-state index is 0. The lowest BCUT2D eigenvalue weighted by Gasteiger charge is -2.37. The number of carbonyl (C=O) groups is 2. The maximum atomic E-state index is 12.6. The first-order valence-electron chi connectivity index (χ1n) is 9.62. The number of ether oxygens (including phenoxy) is 1. The van der Waals surface area contributed by atoms with E-state index in [0.29, 0.717) is 0 Å². The average Bonchev–Trinajstić information content (AvgIpc) is 3.25. The maximum absolute atomic E-state index is 12.6. The number of amides is 1. The van der Waals surface area contributed by atoms with Gasteiger partial charge >= 0.3 is 0 Å². The first-order valence-corrected chi connectivity index (χ1v) is 10.0. The van der Waals surface area contributed by atoms with Crippen LogP contribution in [-0.4, -0.2) is 79.3 Å². The second-order valence-corrected chi connectivity index (χ2v) is 8.00. The predicted octanol–water partition coefficient (Wildman–Crippen LogP) is 0.838. The Hall–Kier alpha value is -0.890. The van der Waals surface area contributed by atoms with Crippen molar-refractivity contribution in [2.45, 2.75) is 44.3 Å². The van der Waals surface area contributed by atoms with E-state index in [1.165, 1.54) is 32.4 Å². The zero-order valence-corrected chi connectivity index (χ0v) is 16.9. The van der Waals surface area contributed by atoms with Crippen LogP contribution in [0.25, 0.3) is 0 Å². The average molecular weight is 384 g/mol. The minimum atomic E-state index is -0.388. The fourth-order valence-corrected chi connectivity index (χ4v) is 4.63. The van der Waals surface area contributed by atoms with Gasteiger partial charge in [0.2, 0.25) is 5.91 Å². The van der Waals surface area contributed by atoms with Gasteiger partial charge in [0.15, 0.2) is 0 Å². The van der Waals surface area contributed by atoms with Gasteiger partial charge in [0, 0.05) is 44.6 Å². The highest BCUT2D eigenvalue weighted by molar-refractivity contribution is 7.77. The number of likely N-dealkylation sites (N-methyl/N-ethyl adjacent to an activating group) is 1. The van der Waals surface area contributed by atoms with E-state index in [4.69, 9.17) is 17.4 Å². The highest BCUT2D eigenvalue weighted by Gasteiger charge is 2.53. The van der Waals surface area contributed by atoms with Gasteiger partial charge in [-0.3, -0.25) is 4.79 Å². The van der Waals surface area contributed by atoms with E-state index < -0.39 is 0 Å². The molecule has 2 unspecified atom stereocenters. The summed E-state index contributed by atoms with van der Waals surface area (Å²) in [5, 5.41) is 2.98. The van der Waals surface area contributed by atoms with Gasteiger partial charge in [-0.1, -0.05) is 6.42 Å². The number of piperazine rings is 1. The van der Waals surface area contributed by atoms with Gasteiger partial charge in [-0.2, -0.15) is 0 Å². The molecular weight excluding hydrogens is 350 g/mol. The predicted molar refractivity (Wildman–Crippen MR) is 104 cm³/mol. The molecule has 4 heterocycles. The lowest BCUT2D eigenvalue weighted by Crippen LogP contribution is -2.52. The van der Waals surface area contributed by atoms with Crippen molar-refractivity contribution in [3.8, 4) is 0 Å². The van der Waals surface area contributed by atoms with E-state index in [9.17, 15) is 9.59 Å². The molecule has 7 heteroatoms. The molecule has 148 valence electrons. The summed E-state index contributed by atoms with van der Waals surface area (Å²) in [6, 6.07) is 0. The summed E-state index contributed by atoms with van der Waals surface area (Å²) < 4.78 is 5.75. The third kappa shape index (κ3) is 4.88. The minimum Gasteiger partial charge on any atom is -0.742 e. The third-order valence-electron chi connectivity index (χ3n) is 5.85. The number of rotatable bonds is 2. The summed E-state index contributed by atoms with van der Waals surface area (Å²) in [6.45, 7) is 5.75. The standard InChI is InChI=1S/C13H20N2O3S.C5H11N.CH3/c1-14-4-6-15(7-5-14)12(16)10-8-2-3-9(18-8)11(10)13(17)19;1-2-4-6-5-3-1;/h8-11H,2-7H2,1H3,(H,17,19);6H,1-5H2;1H3/q;;+1/p-1/t8-,9+,10?,11?;;/m0../s1. The van der Waals surface area contributed by atoms with E-state index in [-0.39, 0.29) is 42.5 Å². The molecule has 4 fully saturated rings. The van der Waals surface area contributed by atoms with Gasteiger partial charge < -0.3 is 37.3 Å².